The van der Waals surface area contributed by atoms with Crippen LogP contribution in [0.2, 0.25) is 0 Å². The minimum Gasteiger partial charge on any atom is -0.481 e. The fourth-order valence-corrected chi connectivity index (χ4v) is 3.10. The van der Waals surface area contributed by atoms with E-state index in [9.17, 15) is 28.8 Å². The van der Waals surface area contributed by atoms with E-state index in [1.807, 2.05) is 13.8 Å². The van der Waals surface area contributed by atoms with Gasteiger partial charge in [0.15, 0.2) is 18.0 Å². The number of aliphatic carboxylic acids is 1. The van der Waals surface area contributed by atoms with Gasteiger partial charge >= 0.3 is 5.97 Å². The van der Waals surface area contributed by atoms with E-state index in [2.05, 4.69) is 21.3 Å². The highest BCUT2D eigenvalue weighted by molar-refractivity contribution is 6.10. The molecule has 0 aromatic rings. The van der Waals surface area contributed by atoms with Crippen molar-refractivity contribution in [1.29, 1.82) is 0 Å². The van der Waals surface area contributed by atoms with Gasteiger partial charge in [-0.25, -0.2) is 0 Å². The lowest BCUT2D eigenvalue weighted by Crippen LogP contribution is -2.63. The third-order valence-electron chi connectivity index (χ3n) is 4.80. The molecule has 0 aliphatic carbocycles. The van der Waals surface area contributed by atoms with Crippen LogP contribution in [0.1, 0.15) is 46.0 Å². The molecule has 0 saturated carbocycles. The molecule has 1 aliphatic heterocycles. The maximum absolute atomic E-state index is 13.0. The van der Waals surface area contributed by atoms with Crippen molar-refractivity contribution in [3.8, 4) is 0 Å². The van der Waals surface area contributed by atoms with Crippen molar-refractivity contribution in [3.63, 3.8) is 0 Å². The van der Waals surface area contributed by atoms with E-state index >= 15 is 0 Å². The molecule has 1 rings (SSSR count). The van der Waals surface area contributed by atoms with Gasteiger partial charge in [-0.1, -0.05) is 26.0 Å². The van der Waals surface area contributed by atoms with E-state index in [1.54, 1.807) is 12.2 Å². The number of allylic oxidation sites excluding steroid dienone is 1. The SMILES string of the molecule is CC(C)C[C@@H](C=O)NC1NC(=O)C(C(=O)[C@@H](N)CCC(=O)O)NC(=O)CCC=CCNC1=O. The Labute approximate surface area is 192 Å². The van der Waals surface area contributed by atoms with Crippen LogP contribution < -0.4 is 27.0 Å². The molecule has 33 heavy (non-hydrogen) atoms. The summed E-state index contributed by atoms with van der Waals surface area (Å²) in [4.78, 5) is 72.9. The maximum atomic E-state index is 13.0. The van der Waals surface area contributed by atoms with Crippen LogP contribution in [-0.4, -0.2) is 71.7 Å². The van der Waals surface area contributed by atoms with Crippen molar-refractivity contribution in [1.82, 2.24) is 21.3 Å². The molecular formula is C21H33N5O7. The van der Waals surface area contributed by atoms with Gasteiger partial charge in [0, 0.05) is 19.4 Å². The highest BCUT2D eigenvalue weighted by Gasteiger charge is 2.35. The Balaban J connectivity index is 3.16. The summed E-state index contributed by atoms with van der Waals surface area (Å²) < 4.78 is 0. The molecule has 184 valence electrons. The summed E-state index contributed by atoms with van der Waals surface area (Å²) in [6.07, 6.45) is 2.59. The summed E-state index contributed by atoms with van der Waals surface area (Å²) in [6, 6.07) is -3.81. The van der Waals surface area contributed by atoms with Gasteiger partial charge in [0.1, 0.15) is 6.29 Å². The average Bonchev–Trinajstić information content (AvgIpc) is 2.76. The molecule has 4 atom stereocenters. The second kappa shape index (κ2) is 14.1. The average molecular weight is 468 g/mol. The Morgan fingerprint density at radius 2 is 1.91 bits per heavy atom. The zero-order valence-electron chi connectivity index (χ0n) is 18.8. The summed E-state index contributed by atoms with van der Waals surface area (Å²) >= 11 is 0. The lowest BCUT2D eigenvalue weighted by Gasteiger charge is -2.26. The summed E-state index contributed by atoms with van der Waals surface area (Å²) in [6.45, 7) is 3.90. The zero-order valence-corrected chi connectivity index (χ0v) is 18.8. The molecule has 12 nitrogen and oxygen atoms in total. The van der Waals surface area contributed by atoms with Crippen molar-refractivity contribution in [2.45, 2.75) is 70.2 Å². The number of carboxylic acid groups (broad SMARTS) is 1. The maximum Gasteiger partial charge on any atom is 0.303 e. The first-order valence-electron chi connectivity index (χ1n) is 10.8. The number of carbonyl (C=O) groups excluding carboxylic acids is 5. The fourth-order valence-electron chi connectivity index (χ4n) is 3.10. The van der Waals surface area contributed by atoms with Crippen LogP contribution in [0, 0.1) is 5.92 Å². The number of Topliss-reactive ketones (excluding diaryl/α,β-unsaturated/α-hetero) is 1. The monoisotopic (exact) mass is 467 g/mol. The second-order valence-electron chi connectivity index (χ2n) is 8.18. The van der Waals surface area contributed by atoms with Crippen LogP contribution in [-0.2, 0) is 28.8 Å². The summed E-state index contributed by atoms with van der Waals surface area (Å²) in [5, 5.41) is 18.8. The number of amides is 3. The number of carboxylic acids is 1. The molecule has 12 heteroatoms. The van der Waals surface area contributed by atoms with Crippen molar-refractivity contribution in [2.24, 2.45) is 11.7 Å². The third kappa shape index (κ3) is 10.4. The van der Waals surface area contributed by atoms with Crippen molar-refractivity contribution < 1.29 is 33.9 Å². The number of nitrogens with one attached hydrogen (secondary N) is 4. The Hall–Kier alpha value is -3.12. The molecule has 7 N–H and O–H groups in total. The smallest absolute Gasteiger partial charge is 0.303 e. The summed E-state index contributed by atoms with van der Waals surface area (Å²) in [7, 11) is 0. The number of hydrogen-bond acceptors (Lipinski definition) is 8. The molecule has 3 amide bonds. The van der Waals surface area contributed by atoms with E-state index in [0.29, 0.717) is 19.1 Å². The van der Waals surface area contributed by atoms with Crippen molar-refractivity contribution in [3.05, 3.63) is 12.2 Å². The van der Waals surface area contributed by atoms with Crippen LogP contribution in [0.4, 0.5) is 0 Å². The first-order valence-corrected chi connectivity index (χ1v) is 10.8. The van der Waals surface area contributed by atoms with Gasteiger partial charge < -0.3 is 31.6 Å². The summed E-state index contributed by atoms with van der Waals surface area (Å²) in [5.41, 5.74) is 5.77. The lowest BCUT2D eigenvalue weighted by molar-refractivity contribution is -0.139. The molecule has 2 unspecified atom stereocenters. The molecule has 1 aliphatic rings. The normalized spacial score (nSPS) is 22.0. The van der Waals surface area contributed by atoms with Crippen LogP contribution in [0.3, 0.4) is 0 Å². The van der Waals surface area contributed by atoms with E-state index in [-0.39, 0.29) is 25.3 Å². The topological polar surface area (TPSA) is 197 Å². The largest absolute Gasteiger partial charge is 0.481 e. The second-order valence-corrected chi connectivity index (χ2v) is 8.18. The number of nitrogens with two attached hydrogens (primary N) is 1. The molecule has 0 fully saturated rings. The predicted octanol–water partition coefficient (Wildman–Crippen LogP) is -1.66. The fraction of sp³-hybridized carbons (Fsp3) is 0.619. The van der Waals surface area contributed by atoms with E-state index in [0.717, 1.165) is 0 Å². The van der Waals surface area contributed by atoms with Gasteiger partial charge in [0.05, 0.1) is 12.1 Å². The van der Waals surface area contributed by atoms with Gasteiger partial charge in [0.2, 0.25) is 5.91 Å². The van der Waals surface area contributed by atoms with Crippen LogP contribution in [0.25, 0.3) is 0 Å². The van der Waals surface area contributed by atoms with Crippen LogP contribution in [0.5, 0.6) is 0 Å². The predicted molar refractivity (Wildman–Crippen MR) is 118 cm³/mol. The van der Waals surface area contributed by atoms with E-state index in [4.69, 9.17) is 10.8 Å². The van der Waals surface area contributed by atoms with E-state index in [1.165, 1.54) is 0 Å². The molecule has 0 spiro atoms. The number of ketones is 1. The van der Waals surface area contributed by atoms with Crippen LogP contribution in [0.15, 0.2) is 12.2 Å². The van der Waals surface area contributed by atoms with Crippen molar-refractivity contribution >= 4 is 35.8 Å². The van der Waals surface area contributed by atoms with Gasteiger partial charge in [-0.2, -0.15) is 0 Å². The number of hydrogen-bond donors (Lipinski definition) is 6. The van der Waals surface area contributed by atoms with Crippen LogP contribution >= 0.6 is 0 Å². The van der Waals surface area contributed by atoms with Gasteiger partial charge in [0.25, 0.3) is 11.8 Å². The van der Waals surface area contributed by atoms with E-state index < -0.39 is 60.2 Å². The number of rotatable bonds is 10. The molecular weight excluding hydrogens is 434 g/mol. The third-order valence-corrected chi connectivity index (χ3v) is 4.80. The Bertz CT molecular complexity index is 768. The minimum absolute atomic E-state index is 0.0187. The minimum atomic E-state index is -1.73. The molecule has 0 bridgehead atoms. The van der Waals surface area contributed by atoms with Gasteiger partial charge in [-0.15, -0.1) is 0 Å². The van der Waals surface area contributed by atoms with Crippen molar-refractivity contribution in [2.75, 3.05) is 6.54 Å². The Kier molecular flexibility index (Phi) is 11.9. The highest BCUT2D eigenvalue weighted by atomic mass is 16.4. The zero-order chi connectivity index (χ0) is 25.0. The quantitative estimate of drug-likeness (QED) is 0.124. The first kappa shape index (κ1) is 27.9. The number of aldehydes is 1. The molecule has 0 aromatic carbocycles. The molecule has 0 aromatic heterocycles. The Morgan fingerprint density at radius 1 is 1.21 bits per heavy atom. The standard InChI is InChI=1S/C21H33N5O7/c1-12(2)10-13(11-27)24-19-21(33)23-9-5-3-4-6-15(28)25-17(20(32)26-19)18(31)14(22)7-8-16(29)30/h3,5,11-14,17,19,24H,4,6-10,22H2,1-2H3,(H,23,33)(H,25,28)(H,26,32)(H,29,30)/t13-,14-,17?,19?/m0/s1. The highest BCUT2D eigenvalue weighted by Crippen LogP contribution is 2.05. The van der Waals surface area contributed by atoms with Gasteiger partial charge in [-0.3, -0.25) is 29.3 Å². The molecule has 1 heterocycles. The summed E-state index contributed by atoms with van der Waals surface area (Å²) in [5.74, 6) is -4.18. The Morgan fingerprint density at radius 3 is 2.52 bits per heavy atom. The molecule has 0 radical (unpaired) electrons. The van der Waals surface area contributed by atoms with Gasteiger partial charge in [-0.05, 0) is 25.2 Å². The number of carbonyl (C=O) groups is 6. The molecule has 0 saturated heterocycles. The first-order chi connectivity index (χ1) is 15.5. The lowest BCUT2D eigenvalue weighted by atomic mass is 10.00.